The number of H-pyrrole nitrogens is 1. The van der Waals surface area contributed by atoms with E-state index >= 15 is 0 Å². The van der Waals surface area contributed by atoms with Crippen molar-refractivity contribution in [3.63, 3.8) is 0 Å². The van der Waals surface area contributed by atoms with Gasteiger partial charge in [0.1, 0.15) is 0 Å². The van der Waals surface area contributed by atoms with Crippen LogP contribution in [0.1, 0.15) is 61.5 Å². The largest absolute Gasteiger partial charge is 0.342 e. The molecule has 0 aliphatic carbocycles. The van der Waals surface area contributed by atoms with E-state index in [-0.39, 0.29) is 0 Å². The van der Waals surface area contributed by atoms with Crippen LogP contribution in [0.5, 0.6) is 0 Å². The van der Waals surface area contributed by atoms with Crippen molar-refractivity contribution >= 4 is 5.91 Å². The molecule has 3 heterocycles. The molecule has 2 aromatic rings. The van der Waals surface area contributed by atoms with Gasteiger partial charge in [-0.1, -0.05) is 44.2 Å². The van der Waals surface area contributed by atoms with Crippen LogP contribution in [0.4, 0.5) is 0 Å². The van der Waals surface area contributed by atoms with E-state index in [1.807, 2.05) is 0 Å². The van der Waals surface area contributed by atoms with Crippen LogP contribution in [0.2, 0.25) is 0 Å². The number of carbonyl (C=O) groups excluding carboxylic acids is 1. The molecule has 5 heteroatoms. The molecular weight excluding hydrogens is 348 g/mol. The molecule has 1 saturated heterocycles. The van der Waals surface area contributed by atoms with Crippen molar-refractivity contribution in [1.82, 2.24) is 20.0 Å². The molecule has 2 aliphatic rings. The number of amides is 1. The zero-order valence-corrected chi connectivity index (χ0v) is 17.2. The predicted molar refractivity (Wildman–Crippen MR) is 111 cm³/mol. The molecule has 0 bridgehead atoms. The monoisotopic (exact) mass is 380 g/mol. The summed E-state index contributed by atoms with van der Waals surface area (Å²) in [5.74, 6) is 1.27. The van der Waals surface area contributed by atoms with Crippen LogP contribution in [0.3, 0.4) is 0 Å². The van der Waals surface area contributed by atoms with Gasteiger partial charge >= 0.3 is 0 Å². The Morgan fingerprint density at radius 3 is 2.86 bits per heavy atom. The maximum absolute atomic E-state index is 12.5. The molecule has 0 radical (unpaired) electrons. The van der Waals surface area contributed by atoms with Gasteiger partial charge in [0.15, 0.2) is 0 Å². The van der Waals surface area contributed by atoms with Crippen molar-refractivity contribution < 1.29 is 4.79 Å². The maximum Gasteiger partial charge on any atom is 0.222 e. The molecule has 5 nitrogen and oxygen atoms in total. The number of fused-ring (bicyclic) bond motifs is 1. The molecule has 1 fully saturated rings. The topological polar surface area (TPSA) is 52.2 Å². The number of aromatic amines is 1. The van der Waals surface area contributed by atoms with E-state index in [1.54, 1.807) is 0 Å². The molecule has 0 saturated carbocycles. The van der Waals surface area contributed by atoms with E-state index in [2.05, 4.69) is 59.1 Å². The number of nitrogens with one attached hydrogen (secondary N) is 1. The highest BCUT2D eigenvalue weighted by Gasteiger charge is 2.32. The summed E-state index contributed by atoms with van der Waals surface area (Å²) in [7, 11) is 0. The number of hydrogen-bond donors (Lipinski definition) is 1. The average Bonchev–Trinajstić information content (AvgIpc) is 3.33. The lowest BCUT2D eigenvalue weighted by molar-refractivity contribution is -0.130. The second kappa shape index (κ2) is 8.48. The van der Waals surface area contributed by atoms with Gasteiger partial charge in [0.25, 0.3) is 0 Å². The quantitative estimate of drug-likeness (QED) is 0.831. The van der Waals surface area contributed by atoms with Crippen LogP contribution in [0, 0.1) is 5.92 Å². The van der Waals surface area contributed by atoms with Crippen molar-refractivity contribution in [1.29, 1.82) is 0 Å². The molecule has 4 rings (SSSR count). The lowest BCUT2D eigenvalue weighted by Crippen LogP contribution is -2.31. The van der Waals surface area contributed by atoms with E-state index in [4.69, 9.17) is 5.10 Å². The third-order valence-electron chi connectivity index (χ3n) is 6.16. The molecule has 0 spiro atoms. The Morgan fingerprint density at radius 2 is 2.07 bits per heavy atom. The average molecular weight is 381 g/mol. The fourth-order valence-corrected chi connectivity index (χ4v) is 4.47. The number of rotatable bonds is 6. The fraction of sp³-hybridized carbons (Fsp3) is 0.565. The second-order valence-electron chi connectivity index (χ2n) is 8.77. The Labute approximate surface area is 168 Å². The molecule has 1 unspecified atom stereocenters. The summed E-state index contributed by atoms with van der Waals surface area (Å²) in [5, 5.41) is 7.99. The van der Waals surface area contributed by atoms with E-state index in [0.29, 0.717) is 24.2 Å². The standard InChI is InChI=1S/C23H32N4O/c1-17(2)8-9-22(28)27-13-10-19(15-27)23-20-16-26(12-11-21(20)24-25-23)14-18-6-4-3-5-7-18/h3-7,17,19H,8-16H2,1-2H3,(H,24,25). The van der Waals surface area contributed by atoms with Gasteiger partial charge < -0.3 is 4.90 Å². The van der Waals surface area contributed by atoms with Crippen LogP contribution < -0.4 is 0 Å². The first-order valence-electron chi connectivity index (χ1n) is 10.7. The van der Waals surface area contributed by atoms with Crippen molar-refractivity contribution in [2.75, 3.05) is 19.6 Å². The summed E-state index contributed by atoms with van der Waals surface area (Å²) in [6.45, 7) is 9.05. The van der Waals surface area contributed by atoms with E-state index in [0.717, 1.165) is 52.0 Å². The second-order valence-corrected chi connectivity index (χ2v) is 8.77. The Morgan fingerprint density at radius 1 is 1.25 bits per heavy atom. The van der Waals surface area contributed by atoms with E-state index < -0.39 is 0 Å². The summed E-state index contributed by atoms with van der Waals surface area (Å²) < 4.78 is 0. The van der Waals surface area contributed by atoms with Crippen LogP contribution in [-0.4, -0.2) is 45.5 Å². The highest BCUT2D eigenvalue weighted by atomic mass is 16.2. The number of nitrogens with zero attached hydrogens (tertiary/aromatic N) is 3. The Kier molecular flexibility index (Phi) is 5.81. The van der Waals surface area contributed by atoms with Crippen molar-refractivity contribution in [3.8, 4) is 0 Å². The minimum atomic E-state index is 0.311. The fourth-order valence-electron chi connectivity index (χ4n) is 4.47. The van der Waals surface area contributed by atoms with Gasteiger partial charge in [-0.3, -0.25) is 14.8 Å². The minimum Gasteiger partial charge on any atom is -0.342 e. The SMILES string of the molecule is CC(C)CCC(=O)N1CCC(c2n[nH]c3c2CN(Cc2ccccc2)CC3)C1. The zero-order valence-electron chi connectivity index (χ0n) is 17.2. The number of carbonyl (C=O) groups is 1. The minimum absolute atomic E-state index is 0.311. The van der Waals surface area contributed by atoms with Crippen molar-refractivity contribution in [3.05, 3.63) is 52.8 Å². The molecule has 28 heavy (non-hydrogen) atoms. The van der Waals surface area contributed by atoms with Crippen molar-refractivity contribution in [2.24, 2.45) is 5.92 Å². The summed E-state index contributed by atoms with van der Waals surface area (Å²) in [6.07, 6.45) is 3.71. The van der Waals surface area contributed by atoms with Gasteiger partial charge in [-0.15, -0.1) is 0 Å². The predicted octanol–water partition coefficient (Wildman–Crippen LogP) is 3.72. The highest BCUT2D eigenvalue weighted by Crippen LogP contribution is 2.32. The van der Waals surface area contributed by atoms with E-state index in [1.165, 1.54) is 22.5 Å². The maximum atomic E-state index is 12.5. The first-order valence-corrected chi connectivity index (χ1v) is 10.7. The first-order chi connectivity index (χ1) is 13.6. The Hall–Kier alpha value is -2.14. The molecule has 2 aliphatic heterocycles. The third-order valence-corrected chi connectivity index (χ3v) is 6.16. The Bertz CT molecular complexity index is 798. The molecule has 1 amide bonds. The molecule has 1 N–H and O–H groups in total. The van der Waals surface area contributed by atoms with Crippen LogP contribution in [0.25, 0.3) is 0 Å². The van der Waals surface area contributed by atoms with Crippen LogP contribution in [0.15, 0.2) is 30.3 Å². The molecular formula is C23H32N4O. The summed E-state index contributed by atoms with van der Waals surface area (Å²) in [6, 6.07) is 10.7. The molecule has 150 valence electrons. The third kappa shape index (κ3) is 4.30. The highest BCUT2D eigenvalue weighted by molar-refractivity contribution is 5.76. The number of likely N-dealkylation sites (tertiary alicyclic amines) is 1. The normalized spacial score (nSPS) is 20.0. The smallest absolute Gasteiger partial charge is 0.222 e. The van der Waals surface area contributed by atoms with Crippen LogP contribution >= 0.6 is 0 Å². The van der Waals surface area contributed by atoms with Gasteiger partial charge in [-0.25, -0.2) is 0 Å². The van der Waals surface area contributed by atoms with Gasteiger partial charge in [0.05, 0.1) is 5.69 Å². The summed E-state index contributed by atoms with van der Waals surface area (Å²) in [4.78, 5) is 17.1. The zero-order chi connectivity index (χ0) is 19.5. The van der Waals surface area contributed by atoms with Crippen molar-refractivity contribution in [2.45, 2.75) is 58.5 Å². The molecule has 1 atom stereocenters. The molecule has 1 aromatic heterocycles. The lowest BCUT2D eigenvalue weighted by atomic mass is 9.96. The van der Waals surface area contributed by atoms with Gasteiger partial charge in [-0.2, -0.15) is 5.10 Å². The van der Waals surface area contributed by atoms with Gasteiger partial charge in [-0.05, 0) is 24.3 Å². The Balaban J connectivity index is 1.40. The van der Waals surface area contributed by atoms with E-state index in [9.17, 15) is 4.79 Å². The molecule has 1 aromatic carbocycles. The summed E-state index contributed by atoms with van der Waals surface area (Å²) >= 11 is 0. The van der Waals surface area contributed by atoms with Crippen LogP contribution in [-0.2, 0) is 24.3 Å². The summed E-state index contributed by atoms with van der Waals surface area (Å²) in [5.41, 5.74) is 5.23. The lowest BCUT2D eigenvalue weighted by Gasteiger charge is -2.27. The number of aromatic nitrogens is 2. The first kappa shape index (κ1) is 19.2. The van der Waals surface area contributed by atoms with Gasteiger partial charge in [0, 0.05) is 62.7 Å². The number of benzene rings is 1. The number of hydrogen-bond acceptors (Lipinski definition) is 3. The van der Waals surface area contributed by atoms with Gasteiger partial charge in [0.2, 0.25) is 5.91 Å².